The highest BCUT2D eigenvalue weighted by Crippen LogP contribution is 2.29. The van der Waals surface area contributed by atoms with Crippen LogP contribution in [0.1, 0.15) is 45.4 Å². The lowest BCUT2D eigenvalue weighted by molar-refractivity contribution is -0.139. The number of benzene rings is 1. The van der Waals surface area contributed by atoms with Crippen molar-refractivity contribution in [3.63, 3.8) is 0 Å². The van der Waals surface area contributed by atoms with Gasteiger partial charge >= 0.3 is 12.1 Å². The third-order valence-electron chi connectivity index (χ3n) is 3.94. The number of anilines is 1. The summed E-state index contributed by atoms with van der Waals surface area (Å²) in [4.78, 5) is 27.8. The van der Waals surface area contributed by atoms with E-state index in [0.717, 1.165) is 6.42 Å². The van der Waals surface area contributed by atoms with Crippen molar-refractivity contribution < 1.29 is 19.4 Å². The molecule has 0 fully saturated rings. The maximum atomic E-state index is 11.9. The maximum Gasteiger partial charge on any atom is 0.412 e. The number of carbonyl (C=O) groups is 2. The average Bonchev–Trinajstić information content (AvgIpc) is 2.97. The second kappa shape index (κ2) is 6.78. The number of hydrogen-bond donors (Lipinski definition) is 2. The summed E-state index contributed by atoms with van der Waals surface area (Å²) >= 11 is 0. The third kappa shape index (κ3) is 4.01. The molecular weight excluding hydrogens is 336 g/mol. The van der Waals surface area contributed by atoms with Gasteiger partial charge in [-0.15, -0.1) is 0 Å². The summed E-state index contributed by atoms with van der Waals surface area (Å²) < 4.78 is 6.90. The van der Waals surface area contributed by atoms with Crippen molar-refractivity contribution >= 4 is 17.7 Å². The minimum atomic E-state index is -0.884. The van der Waals surface area contributed by atoms with Gasteiger partial charge in [-0.25, -0.2) is 14.5 Å². The van der Waals surface area contributed by atoms with Crippen molar-refractivity contribution in [1.82, 2.24) is 14.8 Å². The number of fused-ring (bicyclic) bond motifs is 1. The quantitative estimate of drug-likeness (QED) is 0.872. The molecule has 1 aliphatic rings. The Morgan fingerprint density at radius 3 is 2.81 bits per heavy atom. The van der Waals surface area contributed by atoms with Gasteiger partial charge in [0.25, 0.3) is 0 Å². The SMILES string of the molecule is CC(C)(C)OC(=O)Nc1cccc(-c2nc3n(n2)CCCC3C(=O)O)c1. The topological polar surface area (TPSA) is 106 Å². The van der Waals surface area contributed by atoms with Gasteiger partial charge in [-0.2, -0.15) is 5.10 Å². The molecule has 2 aromatic rings. The fraction of sp³-hybridized carbons (Fsp3) is 0.444. The van der Waals surface area contributed by atoms with E-state index >= 15 is 0 Å². The smallest absolute Gasteiger partial charge is 0.412 e. The van der Waals surface area contributed by atoms with Crippen LogP contribution in [0.3, 0.4) is 0 Å². The van der Waals surface area contributed by atoms with Crippen molar-refractivity contribution in [3.8, 4) is 11.4 Å². The first kappa shape index (κ1) is 17.9. The number of hydrogen-bond acceptors (Lipinski definition) is 5. The van der Waals surface area contributed by atoms with Crippen molar-refractivity contribution in [2.45, 2.75) is 51.7 Å². The van der Waals surface area contributed by atoms with E-state index in [1.807, 2.05) is 6.07 Å². The minimum absolute atomic E-state index is 0.445. The normalized spacial score (nSPS) is 16.7. The second-order valence-electron chi connectivity index (χ2n) is 7.26. The zero-order chi connectivity index (χ0) is 18.9. The van der Waals surface area contributed by atoms with E-state index in [-0.39, 0.29) is 0 Å². The van der Waals surface area contributed by atoms with Crippen LogP contribution in [0.4, 0.5) is 10.5 Å². The van der Waals surface area contributed by atoms with Crippen LogP contribution in [-0.4, -0.2) is 37.5 Å². The summed E-state index contributed by atoms with van der Waals surface area (Å²) in [6.45, 7) is 6.03. The van der Waals surface area contributed by atoms with Crippen LogP contribution in [-0.2, 0) is 16.1 Å². The van der Waals surface area contributed by atoms with Gasteiger partial charge in [-0.1, -0.05) is 12.1 Å². The van der Waals surface area contributed by atoms with Gasteiger partial charge in [0, 0.05) is 17.8 Å². The van der Waals surface area contributed by atoms with E-state index in [9.17, 15) is 14.7 Å². The molecule has 1 amide bonds. The molecule has 3 rings (SSSR count). The van der Waals surface area contributed by atoms with Gasteiger partial charge in [0.2, 0.25) is 0 Å². The molecule has 1 aliphatic heterocycles. The number of amides is 1. The molecule has 8 heteroatoms. The maximum absolute atomic E-state index is 11.9. The van der Waals surface area contributed by atoms with Gasteiger partial charge < -0.3 is 9.84 Å². The molecule has 138 valence electrons. The van der Waals surface area contributed by atoms with E-state index in [1.54, 1.807) is 43.7 Å². The monoisotopic (exact) mass is 358 g/mol. The molecule has 1 atom stereocenters. The predicted molar refractivity (Wildman–Crippen MR) is 94.9 cm³/mol. The molecule has 0 bridgehead atoms. The summed E-state index contributed by atoms with van der Waals surface area (Å²) in [5.74, 6) is -0.594. The number of aryl methyl sites for hydroxylation is 1. The lowest BCUT2D eigenvalue weighted by Gasteiger charge is -2.19. The van der Waals surface area contributed by atoms with E-state index in [0.29, 0.717) is 35.9 Å². The number of nitrogens with zero attached hydrogens (tertiary/aromatic N) is 3. The molecule has 0 spiro atoms. The van der Waals surface area contributed by atoms with Gasteiger partial charge in [0.1, 0.15) is 17.3 Å². The van der Waals surface area contributed by atoms with E-state index < -0.39 is 23.6 Å². The van der Waals surface area contributed by atoms with Gasteiger partial charge in [-0.3, -0.25) is 10.1 Å². The minimum Gasteiger partial charge on any atom is -0.481 e. The zero-order valence-electron chi connectivity index (χ0n) is 15.0. The molecule has 1 aromatic carbocycles. The highest BCUT2D eigenvalue weighted by Gasteiger charge is 2.30. The molecule has 1 aromatic heterocycles. The first-order chi connectivity index (χ1) is 12.2. The van der Waals surface area contributed by atoms with Gasteiger partial charge in [0.15, 0.2) is 5.82 Å². The Morgan fingerprint density at radius 2 is 2.12 bits per heavy atom. The molecule has 0 saturated carbocycles. The summed E-state index contributed by atoms with van der Waals surface area (Å²) in [6, 6.07) is 7.07. The Labute approximate surface area is 151 Å². The van der Waals surface area contributed by atoms with Crippen molar-refractivity contribution in [1.29, 1.82) is 0 Å². The number of nitrogens with one attached hydrogen (secondary N) is 1. The van der Waals surface area contributed by atoms with Crippen molar-refractivity contribution in [2.75, 3.05) is 5.32 Å². The number of rotatable bonds is 3. The Balaban J connectivity index is 1.83. The summed E-state index contributed by atoms with van der Waals surface area (Å²) in [7, 11) is 0. The Kier molecular flexibility index (Phi) is 4.67. The molecule has 0 saturated heterocycles. The van der Waals surface area contributed by atoms with Crippen LogP contribution in [0.5, 0.6) is 0 Å². The molecule has 0 aliphatic carbocycles. The standard InChI is InChI=1S/C18H22N4O4/c1-18(2,3)26-17(25)19-12-7-4-6-11(10-12)14-20-15-13(16(23)24)8-5-9-22(15)21-14/h4,6-7,10,13H,5,8-9H2,1-3H3,(H,19,25)(H,23,24). The van der Waals surface area contributed by atoms with E-state index in [1.165, 1.54) is 0 Å². The number of carbonyl (C=O) groups excluding carboxylic acids is 1. The van der Waals surface area contributed by atoms with E-state index in [4.69, 9.17) is 4.74 Å². The van der Waals surface area contributed by atoms with Crippen LogP contribution in [0.15, 0.2) is 24.3 Å². The highest BCUT2D eigenvalue weighted by atomic mass is 16.6. The molecule has 1 unspecified atom stereocenters. The van der Waals surface area contributed by atoms with Crippen molar-refractivity contribution in [2.24, 2.45) is 0 Å². The average molecular weight is 358 g/mol. The molecule has 0 radical (unpaired) electrons. The first-order valence-electron chi connectivity index (χ1n) is 8.51. The number of carboxylic acids is 1. The summed E-state index contributed by atoms with van der Waals surface area (Å²) in [5.41, 5.74) is 0.668. The number of ether oxygens (including phenoxy) is 1. The third-order valence-corrected chi connectivity index (χ3v) is 3.94. The number of aromatic nitrogens is 3. The van der Waals surface area contributed by atoms with Gasteiger partial charge in [-0.05, 0) is 45.7 Å². The van der Waals surface area contributed by atoms with Crippen molar-refractivity contribution in [3.05, 3.63) is 30.1 Å². The second-order valence-corrected chi connectivity index (χ2v) is 7.26. The van der Waals surface area contributed by atoms with Gasteiger partial charge in [0.05, 0.1) is 0 Å². The predicted octanol–water partition coefficient (Wildman–Crippen LogP) is 3.25. The van der Waals surface area contributed by atoms with Crippen LogP contribution in [0.2, 0.25) is 0 Å². The number of aliphatic carboxylic acids is 1. The fourth-order valence-corrected chi connectivity index (χ4v) is 2.86. The Hall–Kier alpha value is -2.90. The summed E-state index contributed by atoms with van der Waals surface area (Å²) in [5, 5.41) is 16.5. The van der Waals surface area contributed by atoms with Crippen LogP contribution >= 0.6 is 0 Å². The van der Waals surface area contributed by atoms with Crippen LogP contribution in [0, 0.1) is 0 Å². The lowest BCUT2D eigenvalue weighted by atomic mass is 10.00. The van der Waals surface area contributed by atoms with E-state index in [2.05, 4.69) is 15.4 Å². The first-order valence-corrected chi connectivity index (χ1v) is 8.51. The fourth-order valence-electron chi connectivity index (χ4n) is 2.86. The Morgan fingerprint density at radius 1 is 1.35 bits per heavy atom. The highest BCUT2D eigenvalue weighted by molar-refractivity contribution is 5.85. The lowest BCUT2D eigenvalue weighted by Crippen LogP contribution is -2.27. The zero-order valence-corrected chi connectivity index (χ0v) is 15.0. The molecule has 8 nitrogen and oxygen atoms in total. The molecule has 2 heterocycles. The molecule has 2 N–H and O–H groups in total. The molecule has 26 heavy (non-hydrogen) atoms. The number of carboxylic acid groups (broad SMARTS) is 1. The van der Waals surface area contributed by atoms with Crippen LogP contribution < -0.4 is 5.32 Å². The largest absolute Gasteiger partial charge is 0.481 e. The van der Waals surface area contributed by atoms with Crippen LogP contribution in [0.25, 0.3) is 11.4 Å². The molecular formula is C18H22N4O4. The Bertz CT molecular complexity index is 838. The summed E-state index contributed by atoms with van der Waals surface area (Å²) in [6.07, 6.45) is 0.776.